The molecule has 114 valence electrons. The molecular weight excluding hydrogens is 319 g/mol. The Balaban J connectivity index is 2.21. The highest BCUT2D eigenvalue weighted by molar-refractivity contribution is 6.33. The normalized spacial score (nSPS) is 10.5. The second-order valence-electron chi connectivity index (χ2n) is 4.81. The highest BCUT2D eigenvalue weighted by atomic mass is 35.5. The molecule has 0 radical (unpaired) electrons. The van der Waals surface area contributed by atoms with Crippen LogP contribution in [0.1, 0.15) is 0 Å². The standard InChI is InChI=1S/C17H10ClFN2O2/c18-16-7-10(19)1-3-13(16)15-9-21-17(22)14-8-11(23-6-5-20)2-4-12(14)15/h1-4,7-9H,6H2,(H,21,22). The van der Waals surface area contributed by atoms with E-state index in [4.69, 9.17) is 21.6 Å². The molecular formula is C17H10ClFN2O2. The van der Waals surface area contributed by atoms with E-state index in [0.717, 1.165) is 0 Å². The van der Waals surface area contributed by atoms with E-state index < -0.39 is 5.82 Å². The predicted octanol–water partition coefficient (Wildman–Crippen LogP) is 3.89. The van der Waals surface area contributed by atoms with Crippen molar-refractivity contribution in [3.8, 4) is 22.9 Å². The number of benzene rings is 2. The first-order valence-electron chi connectivity index (χ1n) is 6.71. The van der Waals surface area contributed by atoms with E-state index in [1.807, 2.05) is 6.07 Å². The maximum Gasteiger partial charge on any atom is 0.255 e. The molecule has 2 aromatic carbocycles. The first-order chi connectivity index (χ1) is 11.1. The fraction of sp³-hybridized carbons (Fsp3) is 0.0588. The van der Waals surface area contributed by atoms with Gasteiger partial charge in [0.25, 0.3) is 5.56 Å². The molecule has 0 aliphatic rings. The Morgan fingerprint density at radius 2 is 2.00 bits per heavy atom. The third kappa shape index (κ3) is 2.89. The summed E-state index contributed by atoms with van der Waals surface area (Å²) in [7, 11) is 0. The fourth-order valence-electron chi connectivity index (χ4n) is 2.38. The average molecular weight is 329 g/mol. The Morgan fingerprint density at radius 3 is 2.74 bits per heavy atom. The van der Waals surface area contributed by atoms with Crippen molar-refractivity contribution in [2.75, 3.05) is 6.61 Å². The summed E-state index contributed by atoms with van der Waals surface area (Å²) in [5, 5.41) is 9.87. The van der Waals surface area contributed by atoms with Gasteiger partial charge in [0.15, 0.2) is 6.61 Å². The molecule has 1 N–H and O–H groups in total. The molecule has 0 aliphatic heterocycles. The molecule has 0 fully saturated rings. The van der Waals surface area contributed by atoms with Crippen LogP contribution >= 0.6 is 11.6 Å². The topological polar surface area (TPSA) is 65.9 Å². The zero-order chi connectivity index (χ0) is 16.4. The number of rotatable bonds is 3. The lowest BCUT2D eigenvalue weighted by Gasteiger charge is -2.10. The summed E-state index contributed by atoms with van der Waals surface area (Å²) in [4.78, 5) is 14.7. The number of hydrogen-bond donors (Lipinski definition) is 1. The number of halogens is 2. The molecule has 0 saturated carbocycles. The van der Waals surface area contributed by atoms with Gasteiger partial charge in [-0.25, -0.2) is 4.39 Å². The lowest BCUT2D eigenvalue weighted by molar-refractivity contribution is 0.368. The average Bonchev–Trinajstić information content (AvgIpc) is 2.54. The van der Waals surface area contributed by atoms with Crippen LogP contribution in [0.5, 0.6) is 5.75 Å². The Kier molecular flexibility index (Phi) is 4.00. The Bertz CT molecular complexity index is 992. The van der Waals surface area contributed by atoms with Crippen molar-refractivity contribution in [1.82, 2.24) is 4.98 Å². The van der Waals surface area contributed by atoms with Crippen LogP contribution in [0, 0.1) is 17.1 Å². The van der Waals surface area contributed by atoms with Gasteiger partial charge >= 0.3 is 0 Å². The smallest absolute Gasteiger partial charge is 0.255 e. The first kappa shape index (κ1) is 15.1. The van der Waals surface area contributed by atoms with Crippen LogP contribution in [0.15, 0.2) is 47.4 Å². The van der Waals surface area contributed by atoms with Crippen LogP contribution in [0.3, 0.4) is 0 Å². The number of aromatic amines is 1. The SMILES string of the molecule is N#CCOc1ccc2c(-c3ccc(F)cc3Cl)c[nH]c(=O)c2c1. The van der Waals surface area contributed by atoms with Crippen molar-refractivity contribution in [1.29, 1.82) is 5.26 Å². The third-order valence-electron chi connectivity index (χ3n) is 3.40. The van der Waals surface area contributed by atoms with E-state index >= 15 is 0 Å². The molecule has 0 bridgehead atoms. The molecule has 4 nitrogen and oxygen atoms in total. The lowest BCUT2D eigenvalue weighted by atomic mass is 10.0. The van der Waals surface area contributed by atoms with E-state index in [-0.39, 0.29) is 17.2 Å². The van der Waals surface area contributed by atoms with Gasteiger partial charge in [-0.1, -0.05) is 11.6 Å². The molecule has 3 rings (SSSR count). The van der Waals surface area contributed by atoms with Crippen molar-refractivity contribution >= 4 is 22.4 Å². The van der Waals surface area contributed by atoms with E-state index in [9.17, 15) is 9.18 Å². The van der Waals surface area contributed by atoms with Gasteiger partial charge in [-0.15, -0.1) is 0 Å². The number of ether oxygens (including phenoxy) is 1. The predicted molar refractivity (Wildman–Crippen MR) is 86.1 cm³/mol. The van der Waals surface area contributed by atoms with E-state index in [1.54, 1.807) is 30.5 Å². The van der Waals surface area contributed by atoms with Gasteiger partial charge in [0.05, 0.1) is 10.4 Å². The lowest BCUT2D eigenvalue weighted by Crippen LogP contribution is -2.06. The largest absolute Gasteiger partial charge is 0.479 e. The fourth-order valence-corrected chi connectivity index (χ4v) is 2.64. The highest BCUT2D eigenvalue weighted by Crippen LogP contribution is 2.33. The quantitative estimate of drug-likeness (QED) is 0.793. The molecule has 0 unspecified atom stereocenters. The molecule has 23 heavy (non-hydrogen) atoms. The van der Waals surface area contributed by atoms with E-state index in [2.05, 4.69) is 4.98 Å². The molecule has 6 heteroatoms. The van der Waals surface area contributed by atoms with Crippen LogP contribution < -0.4 is 10.3 Å². The zero-order valence-electron chi connectivity index (χ0n) is 11.8. The van der Waals surface area contributed by atoms with Crippen molar-refractivity contribution in [2.24, 2.45) is 0 Å². The summed E-state index contributed by atoms with van der Waals surface area (Å²) < 4.78 is 18.4. The molecule has 3 aromatic rings. The van der Waals surface area contributed by atoms with Gasteiger partial charge in [0.2, 0.25) is 0 Å². The number of nitrogens with one attached hydrogen (secondary N) is 1. The number of hydrogen-bond acceptors (Lipinski definition) is 3. The number of fused-ring (bicyclic) bond motifs is 1. The minimum absolute atomic E-state index is 0.104. The Morgan fingerprint density at radius 1 is 1.17 bits per heavy atom. The number of H-pyrrole nitrogens is 1. The number of nitriles is 1. The van der Waals surface area contributed by atoms with Gasteiger partial charge in [0.1, 0.15) is 17.6 Å². The van der Waals surface area contributed by atoms with Gasteiger partial charge in [0, 0.05) is 17.3 Å². The summed E-state index contributed by atoms with van der Waals surface area (Å²) in [6.07, 6.45) is 1.54. The number of aromatic nitrogens is 1. The van der Waals surface area contributed by atoms with Gasteiger partial charge in [-0.2, -0.15) is 5.26 Å². The molecule has 1 aromatic heterocycles. The minimum atomic E-state index is -0.431. The molecule has 0 atom stereocenters. The van der Waals surface area contributed by atoms with Gasteiger partial charge in [-0.3, -0.25) is 4.79 Å². The highest BCUT2D eigenvalue weighted by Gasteiger charge is 2.11. The monoisotopic (exact) mass is 328 g/mol. The van der Waals surface area contributed by atoms with Crippen LogP contribution in [0.25, 0.3) is 21.9 Å². The van der Waals surface area contributed by atoms with Crippen LogP contribution in [0.2, 0.25) is 5.02 Å². The number of nitrogens with zero attached hydrogens (tertiary/aromatic N) is 1. The van der Waals surface area contributed by atoms with Gasteiger partial charge < -0.3 is 9.72 Å². The van der Waals surface area contributed by atoms with E-state index in [1.165, 1.54) is 12.1 Å². The Labute approximate surface area is 135 Å². The maximum absolute atomic E-state index is 13.2. The molecule has 0 aliphatic carbocycles. The Hall–Kier alpha value is -2.84. The molecule has 0 saturated heterocycles. The molecule has 0 spiro atoms. The summed E-state index contributed by atoms with van der Waals surface area (Å²) in [5.41, 5.74) is 1.00. The first-order valence-corrected chi connectivity index (χ1v) is 7.08. The summed E-state index contributed by atoms with van der Waals surface area (Å²) in [6, 6.07) is 10.9. The second kappa shape index (κ2) is 6.11. The van der Waals surface area contributed by atoms with Crippen molar-refractivity contribution in [2.45, 2.75) is 0 Å². The van der Waals surface area contributed by atoms with Crippen LogP contribution in [-0.4, -0.2) is 11.6 Å². The minimum Gasteiger partial charge on any atom is -0.479 e. The van der Waals surface area contributed by atoms with Crippen LogP contribution in [0.4, 0.5) is 4.39 Å². The zero-order valence-corrected chi connectivity index (χ0v) is 12.5. The second-order valence-corrected chi connectivity index (χ2v) is 5.22. The van der Waals surface area contributed by atoms with E-state index in [0.29, 0.717) is 27.6 Å². The summed E-state index contributed by atoms with van der Waals surface area (Å²) in [6.45, 7) is -0.104. The number of pyridine rings is 1. The van der Waals surface area contributed by atoms with Gasteiger partial charge in [-0.05, 0) is 41.8 Å². The molecule has 1 heterocycles. The summed E-state index contributed by atoms with van der Waals surface area (Å²) >= 11 is 6.11. The summed E-state index contributed by atoms with van der Waals surface area (Å²) in [5.74, 6) is -0.00780. The maximum atomic E-state index is 13.2. The molecule has 0 amide bonds. The van der Waals surface area contributed by atoms with Crippen molar-refractivity contribution < 1.29 is 9.13 Å². The van der Waals surface area contributed by atoms with Crippen molar-refractivity contribution in [3.05, 3.63) is 63.8 Å². The third-order valence-corrected chi connectivity index (χ3v) is 3.71. The van der Waals surface area contributed by atoms with Crippen LogP contribution in [-0.2, 0) is 0 Å². The van der Waals surface area contributed by atoms with Crippen molar-refractivity contribution in [3.63, 3.8) is 0 Å².